The molecule has 102 valence electrons. The first-order chi connectivity index (χ1) is 8.48. The summed E-state index contributed by atoms with van der Waals surface area (Å²) in [5, 5.41) is 12.0. The van der Waals surface area contributed by atoms with Crippen LogP contribution < -0.4 is 5.32 Å². The van der Waals surface area contributed by atoms with E-state index >= 15 is 0 Å². The molecule has 0 radical (unpaired) electrons. The topological polar surface area (TPSA) is 79.2 Å². The molecule has 2 rings (SSSR count). The van der Waals surface area contributed by atoms with Crippen molar-refractivity contribution in [2.24, 2.45) is 0 Å². The maximum absolute atomic E-state index is 11.8. The van der Waals surface area contributed by atoms with Crippen LogP contribution in [0, 0.1) is 11.3 Å². The molecule has 2 aliphatic rings. The van der Waals surface area contributed by atoms with Crippen molar-refractivity contribution >= 4 is 9.84 Å². The molecule has 0 aromatic heterocycles. The van der Waals surface area contributed by atoms with Gasteiger partial charge in [-0.1, -0.05) is 0 Å². The molecule has 0 aromatic rings. The highest BCUT2D eigenvalue weighted by Crippen LogP contribution is 2.34. The third-order valence-electron chi connectivity index (χ3n) is 3.97. The van der Waals surface area contributed by atoms with Gasteiger partial charge in [0.1, 0.15) is 5.54 Å². The standard InChI is InChI=1S/C12H20N2O3S/c1-18(15,16)11-5-2-6-12(11,9-13)14-8-10-4-3-7-17-10/h10-11,14H,2-8H2,1H3. The van der Waals surface area contributed by atoms with Gasteiger partial charge in [0.15, 0.2) is 9.84 Å². The van der Waals surface area contributed by atoms with Crippen LogP contribution in [-0.4, -0.2) is 44.7 Å². The van der Waals surface area contributed by atoms with Crippen LogP contribution in [0.1, 0.15) is 32.1 Å². The number of nitriles is 1. The molecule has 18 heavy (non-hydrogen) atoms. The molecular formula is C12H20N2O3S. The number of rotatable bonds is 4. The van der Waals surface area contributed by atoms with Gasteiger partial charge in [-0.05, 0) is 32.1 Å². The van der Waals surface area contributed by atoms with Crippen molar-refractivity contribution in [3.8, 4) is 6.07 Å². The van der Waals surface area contributed by atoms with E-state index in [1.54, 1.807) is 0 Å². The van der Waals surface area contributed by atoms with Crippen LogP contribution in [0.2, 0.25) is 0 Å². The van der Waals surface area contributed by atoms with Gasteiger partial charge in [-0.25, -0.2) is 8.42 Å². The van der Waals surface area contributed by atoms with Gasteiger partial charge in [0, 0.05) is 19.4 Å². The molecule has 3 unspecified atom stereocenters. The number of sulfone groups is 1. The Kier molecular flexibility index (Phi) is 3.95. The Hall–Kier alpha value is -0.640. The third-order valence-corrected chi connectivity index (χ3v) is 5.64. The van der Waals surface area contributed by atoms with Crippen molar-refractivity contribution in [3.63, 3.8) is 0 Å². The lowest BCUT2D eigenvalue weighted by Crippen LogP contribution is -2.54. The van der Waals surface area contributed by atoms with Crippen molar-refractivity contribution in [2.45, 2.75) is 49.0 Å². The van der Waals surface area contributed by atoms with E-state index in [1.807, 2.05) is 0 Å². The molecule has 1 heterocycles. The highest BCUT2D eigenvalue weighted by molar-refractivity contribution is 7.91. The van der Waals surface area contributed by atoms with Crippen molar-refractivity contribution in [1.82, 2.24) is 5.32 Å². The van der Waals surface area contributed by atoms with Crippen LogP contribution in [0.5, 0.6) is 0 Å². The molecule has 1 saturated carbocycles. The molecule has 1 aliphatic heterocycles. The Labute approximate surface area is 108 Å². The molecule has 6 heteroatoms. The van der Waals surface area contributed by atoms with Crippen LogP contribution in [0.4, 0.5) is 0 Å². The van der Waals surface area contributed by atoms with E-state index in [2.05, 4.69) is 11.4 Å². The van der Waals surface area contributed by atoms with E-state index in [1.165, 1.54) is 6.26 Å². The number of ether oxygens (including phenoxy) is 1. The molecular weight excluding hydrogens is 252 g/mol. The smallest absolute Gasteiger partial charge is 0.153 e. The Morgan fingerprint density at radius 3 is 2.78 bits per heavy atom. The first kappa shape index (κ1) is 13.8. The van der Waals surface area contributed by atoms with Crippen LogP contribution in [-0.2, 0) is 14.6 Å². The fourth-order valence-corrected chi connectivity index (χ4v) is 4.60. The maximum Gasteiger partial charge on any atom is 0.153 e. The fourth-order valence-electron chi connectivity index (χ4n) is 3.02. The normalized spacial score (nSPS) is 36.7. The quantitative estimate of drug-likeness (QED) is 0.811. The molecule has 1 aliphatic carbocycles. The summed E-state index contributed by atoms with van der Waals surface area (Å²) < 4.78 is 29.1. The Bertz CT molecular complexity index is 437. The van der Waals surface area contributed by atoms with Gasteiger partial charge in [0.25, 0.3) is 0 Å². The minimum atomic E-state index is -3.19. The van der Waals surface area contributed by atoms with Crippen molar-refractivity contribution in [2.75, 3.05) is 19.4 Å². The van der Waals surface area contributed by atoms with Gasteiger partial charge in [0.2, 0.25) is 0 Å². The molecule has 1 N–H and O–H groups in total. The summed E-state index contributed by atoms with van der Waals surface area (Å²) in [6, 6.07) is 2.21. The number of nitrogens with one attached hydrogen (secondary N) is 1. The lowest BCUT2D eigenvalue weighted by atomic mass is 9.99. The summed E-state index contributed by atoms with van der Waals surface area (Å²) in [6.07, 6.45) is 5.33. The minimum absolute atomic E-state index is 0.121. The monoisotopic (exact) mass is 272 g/mol. The van der Waals surface area contributed by atoms with Gasteiger partial charge < -0.3 is 4.74 Å². The molecule has 0 bridgehead atoms. The second-order valence-electron chi connectivity index (χ2n) is 5.31. The molecule has 0 spiro atoms. The van der Waals surface area contributed by atoms with E-state index in [4.69, 9.17) is 4.74 Å². The number of hydrogen-bond donors (Lipinski definition) is 1. The summed E-state index contributed by atoms with van der Waals surface area (Å²) >= 11 is 0. The summed E-state index contributed by atoms with van der Waals surface area (Å²) in [7, 11) is -3.19. The lowest BCUT2D eigenvalue weighted by molar-refractivity contribution is 0.104. The van der Waals surface area contributed by atoms with E-state index in [0.29, 0.717) is 19.4 Å². The molecule has 5 nitrogen and oxygen atoms in total. The van der Waals surface area contributed by atoms with E-state index < -0.39 is 20.6 Å². The van der Waals surface area contributed by atoms with Crippen LogP contribution >= 0.6 is 0 Å². The molecule has 0 aromatic carbocycles. The zero-order valence-corrected chi connectivity index (χ0v) is 11.5. The maximum atomic E-state index is 11.8. The van der Waals surface area contributed by atoms with E-state index in [9.17, 15) is 13.7 Å². The molecule has 0 amide bonds. The fraction of sp³-hybridized carbons (Fsp3) is 0.917. The SMILES string of the molecule is CS(=O)(=O)C1CCCC1(C#N)NCC1CCCO1. The molecule has 1 saturated heterocycles. The number of hydrogen-bond acceptors (Lipinski definition) is 5. The zero-order chi connectivity index (χ0) is 13.2. The Morgan fingerprint density at radius 1 is 1.44 bits per heavy atom. The minimum Gasteiger partial charge on any atom is -0.377 e. The van der Waals surface area contributed by atoms with Crippen molar-refractivity contribution in [3.05, 3.63) is 0 Å². The molecule has 2 fully saturated rings. The predicted molar refractivity (Wildman–Crippen MR) is 67.8 cm³/mol. The van der Waals surface area contributed by atoms with Crippen molar-refractivity contribution < 1.29 is 13.2 Å². The summed E-state index contributed by atoms with van der Waals surface area (Å²) in [5.41, 5.74) is -0.917. The van der Waals surface area contributed by atoms with Gasteiger partial charge in [-0.3, -0.25) is 5.32 Å². The van der Waals surface area contributed by atoms with Crippen LogP contribution in [0.15, 0.2) is 0 Å². The second-order valence-corrected chi connectivity index (χ2v) is 7.54. The first-order valence-corrected chi connectivity index (χ1v) is 8.40. The van der Waals surface area contributed by atoms with Gasteiger partial charge in [0.05, 0.1) is 17.4 Å². The van der Waals surface area contributed by atoms with Crippen molar-refractivity contribution in [1.29, 1.82) is 5.26 Å². The Balaban J connectivity index is 2.07. The van der Waals surface area contributed by atoms with E-state index in [-0.39, 0.29) is 6.10 Å². The summed E-state index contributed by atoms with van der Waals surface area (Å²) in [4.78, 5) is 0. The average Bonchev–Trinajstić information content (AvgIpc) is 2.95. The predicted octanol–water partition coefficient (Wildman–Crippen LogP) is 0.614. The lowest BCUT2D eigenvalue weighted by Gasteiger charge is -2.29. The third kappa shape index (κ3) is 2.68. The van der Waals surface area contributed by atoms with E-state index in [0.717, 1.165) is 25.9 Å². The summed E-state index contributed by atoms with van der Waals surface area (Å²) in [5.74, 6) is 0. The summed E-state index contributed by atoms with van der Waals surface area (Å²) in [6.45, 7) is 1.33. The highest BCUT2D eigenvalue weighted by atomic mass is 32.2. The molecule has 3 atom stereocenters. The highest BCUT2D eigenvalue weighted by Gasteiger charge is 2.48. The zero-order valence-electron chi connectivity index (χ0n) is 10.7. The van der Waals surface area contributed by atoms with Gasteiger partial charge in [-0.15, -0.1) is 0 Å². The van der Waals surface area contributed by atoms with Gasteiger partial charge in [-0.2, -0.15) is 5.26 Å². The largest absolute Gasteiger partial charge is 0.377 e. The van der Waals surface area contributed by atoms with Gasteiger partial charge >= 0.3 is 0 Å². The average molecular weight is 272 g/mol. The van der Waals surface area contributed by atoms with Crippen LogP contribution in [0.3, 0.4) is 0 Å². The Morgan fingerprint density at radius 2 is 2.22 bits per heavy atom. The second kappa shape index (κ2) is 5.16. The van der Waals surface area contributed by atoms with Crippen LogP contribution in [0.25, 0.3) is 0 Å². The number of nitrogens with zero attached hydrogens (tertiary/aromatic N) is 1. The first-order valence-electron chi connectivity index (χ1n) is 6.45.